The molecular weight excluding hydrogens is 254 g/mol. The van der Waals surface area contributed by atoms with Gasteiger partial charge < -0.3 is 15.2 Å². The van der Waals surface area contributed by atoms with Gasteiger partial charge in [0.25, 0.3) is 0 Å². The van der Waals surface area contributed by atoms with Gasteiger partial charge in [0.1, 0.15) is 11.8 Å². The fourth-order valence-electron chi connectivity index (χ4n) is 2.66. The number of hydrogen-bond acceptors (Lipinski definition) is 3. The molecule has 20 heavy (non-hydrogen) atoms. The van der Waals surface area contributed by atoms with Crippen molar-refractivity contribution < 1.29 is 14.6 Å². The fourth-order valence-corrected chi connectivity index (χ4v) is 2.66. The van der Waals surface area contributed by atoms with Crippen LogP contribution in [0.25, 0.3) is 0 Å². The summed E-state index contributed by atoms with van der Waals surface area (Å²) in [5.74, 6) is 0.861. The lowest BCUT2D eigenvalue weighted by molar-refractivity contribution is -0.139. The van der Waals surface area contributed by atoms with E-state index >= 15 is 0 Å². The fraction of sp³-hybridized carbons (Fsp3) is 0.562. The number of nitrogens with one attached hydrogen (secondary N) is 1. The molecule has 2 N–H and O–H groups in total. The number of rotatable bonds is 6. The third kappa shape index (κ3) is 3.73. The van der Waals surface area contributed by atoms with E-state index in [1.54, 1.807) is 0 Å². The Morgan fingerprint density at radius 3 is 2.90 bits per heavy atom. The van der Waals surface area contributed by atoms with Gasteiger partial charge in [-0.25, -0.2) is 0 Å². The van der Waals surface area contributed by atoms with Crippen LogP contribution in [0.4, 0.5) is 0 Å². The number of benzene rings is 1. The normalized spacial score (nSPS) is 19.2. The molecular formula is C16H23NO3. The first-order valence-electron chi connectivity index (χ1n) is 7.26. The lowest BCUT2D eigenvalue weighted by atomic mass is 9.92. The second-order valence-corrected chi connectivity index (χ2v) is 5.80. The number of hydrogen-bond donors (Lipinski definition) is 2. The Bertz CT molecular complexity index is 459. The van der Waals surface area contributed by atoms with E-state index in [1.165, 1.54) is 5.56 Å². The predicted molar refractivity (Wildman–Crippen MR) is 78.2 cm³/mol. The van der Waals surface area contributed by atoms with E-state index in [-0.39, 0.29) is 0 Å². The lowest BCUT2D eigenvalue weighted by Gasteiger charge is -2.27. The molecule has 0 saturated carbocycles. The molecule has 1 aliphatic rings. The monoisotopic (exact) mass is 277 g/mol. The molecule has 1 aromatic carbocycles. The van der Waals surface area contributed by atoms with Crippen molar-refractivity contribution in [1.29, 1.82) is 0 Å². The van der Waals surface area contributed by atoms with E-state index in [1.807, 2.05) is 32.0 Å². The molecule has 0 aliphatic carbocycles. The summed E-state index contributed by atoms with van der Waals surface area (Å²) in [4.78, 5) is 11.3. The summed E-state index contributed by atoms with van der Waals surface area (Å²) >= 11 is 0. The largest absolute Gasteiger partial charge is 0.493 e. The van der Waals surface area contributed by atoms with Crippen LogP contribution in [0.1, 0.15) is 38.2 Å². The average Bonchev–Trinajstić information content (AvgIpc) is 2.42. The highest BCUT2D eigenvalue weighted by atomic mass is 16.5. The summed E-state index contributed by atoms with van der Waals surface area (Å²) in [6.07, 6.45) is 1.58. The molecule has 2 atom stereocenters. The van der Waals surface area contributed by atoms with Crippen molar-refractivity contribution in [1.82, 2.24) is 5.32 Å². The second kappa shape index (κ2) is 6.75. The molecule has 0 radical (unpaired) electrons. The van der Waals surface area contributed by atoms with Crippen molar-refractivity contribution in [2.75, 3.05) is 13.2 Å². The molecule has 1 aromatic rings. The van der Waals surface area contributed by atoms with Gasteiger partial charge >= 0.3 is 5.97 Å². The summed E-state index contributed by atoms with van der Waals surface area (Å²) in [7, 11) is 0. The van der Waals surface area contributed by atoms with Crippen molar-refractivity contribution in [2.24, 2.45) is 5.92 Å². The smallest absolute Gasteiger partial charge is 0.320 e. The van der Waals surface area contributed by atoms with Gasteiger partial charge in [-0.05, 0) is 30.4 Å². The third-order valence-electron chi connectivity index (χ3n) is 3.70. The maximum Gasteiger partial charge on any atom is 0.320 e. The number of carbonyl (C=O) groups is 1. The Labute approximate surface area is 120 Å². The molecule has 4 heteroatoms. The highest BCUT2D eigenvalue weighted by Gasteiger charge is 2.24. The minimum Gasteiger partial charge on any atom is -0.493 e. The van der Waals surface area contributed by atoms with Crippen LogP contribution in [0.2, 0.25) is 0 Å². The first-order chi connectivity index (χ1) is 9.58. The molecule has 0 aromatic heterocycles. The van der Waals surface area contributed by atoms with Crippen LogP contribution in [0.5, 0.6) is 5.75 Å². The molecule has 0 amide bonds. The maximum atomic E-state index is 11.3. The van der Waals surface area contributed by atoms with Gasteiger partial charge in [0.15, 0.2) is 0 Å². The van der Waals surface area contributed by atoms with E-state index in [0.29, 0.717) is 31.4 Å². The molecule has 4 nitrogen and oxygen atoms in total. The first kappa shape index (κ1) is 14.9. The van der Waals surface area contributed by atoms with Gasteiger partial charge in [-0.1, -0.05) is 32.0 Å². The molecule has 0 bridgehead atoms. The first-order valence-corrected chi connectivity index (χ1v) is 7.26. The van der Waals surface area contributed by atoms with Crippen molar-refractivity contribution in [3.8, 4) is 5.75 Å². The van der Waals surface area contributed by atoms with Gasteiger partial charge in [0.05, 0.1) is 6.61 Å². The van der Waals surface area contributed by atoms with Crippen molar-refractivity contribution in [3.63, 3.8) is 0 Å². The minimum absolute atomic E-state index is 0.328. The molecule has 0 fully saturated rings. The number of para-hydroxylation sites is 1. The third-order valence-corrected chi connectivity index (χ3v) is 3.70. The summed E-state index contributed by atoms with van der Waals surface area (Å²) in [6.45, 7) is 5.47. The zero-order valence-corrected chi connectivity index (χ0v) is 12.1. The number of carboxylic acid groups (broad SMARTS) is 1. The summed E-state index contributed by atoms with van der Waals surface area (Å²) in [6, 6.07) is 7.55. The quantitative estimate of drug-likeness (QED) is 0.839. The molecule has 0 spiro atoms. The van der Waals surface area contributed by atoms with Crippen LogP contribution in [0.15, 0.2) is 24.3 Å². The van der Waals surface area contributed by atoms with E-state index < -0.39 is 12.0 Å². The Balaban J connectivity index is 1.98. The van der Waals surface area contributed by atoms with Crippen LogP contribution in [-0.4, -0.2) is 30.3 Å². The van der Waals surface area contributed by atoms with Gasteiger partial charge in [-0.2, -0.15) is 0 Å². The summed E-state index contributed by atoms with van der Waals surface area (Å²) in [5.41, 5.74) is 1.18. The Morgan fingerprint density at radius 1 is 1.45 bits per heavy atom. The van der Waals surface area contributed by atoms with E-state index in [9.17, 15) is 9.90 Å². The second-order valence-electron chi connectivity index (χ2n) is 5.80. The van der Waals surface area contributed by atoms with Crippen LogP contribution >= 0.6 is 0 Å². The zero-order valence-electron chi connectivity index (χ0n) is 12.1. The number of fused-ring (bicyclic) bond motifs is 1. The van der Waals surface area contributed by atoms with Crippen molar-refractivity contribution in [3.05, 3.63) is 29.8 Å². The Morgan fingerprint density at radius 2 is 2.20 bits per heavy atom. The lowest BCUT2D eigenvalue weighted by Crippen LogP contribution is -2.40. The number of ether oxygens (including phenoxy) is 1. The van der Waals surface area contributed by atoms with Crippen LogP contribution in [-0.2, 0) is 4.79 Å². The summed E-state index contributed by atoms with van der Waals surface area (Å²) in [5, 5.41) is 12.5. The van der Waals surface area contributed by atoms with Gasteiger partial charge in [0.2, 0.25) is 0 Å². The van der Waals surface area contributed by atoms with Crippen molar-refractivity contribution in [2.45, 2.75) is 38.6 Å². The Hall–Kier alpha value is -1.55. The number of carboxylic acids is 1. The molecule has 2 unspecified atom stereocenters. The van der Waals surface area contributed by atoms with E-state index in [2.05, 4.69) is 11.4 Å². The molecule has 1 aliphatic heterocycles. The topological polar surface area (TPSA) is 58.6 Å². The van der Waals surface area contributed by atoms with Crippen LogP contribution in [0.3, 0.4) is 0 Å². The summed E-state index contributed by atoms with van der Waals surface area (Å²) < 4.78 is 5.63. The minimum atomic E-state index is -0.765. The molecule has 110 valence electrons. The molecule has 2 rings (SSSR count). The maximum absolute atomic E-state index is 11.3. The van der Waals surface area contributed by atoms with E-state index in [4.69, 9.17) is 4.74 Å². The van der Waals surface area contributed by atoms with Gasteiger partial charge in [-0.3, -0.25) is 4.79 Å². The van der Waals surface area contributed by atoms with Crippen LogP contribution in [0, 0.1) is 5.92 Å². The zero-order chi connectivity index (χ0) is 14.5. The standard InChI is InChI=1S/C16H23NO3/c1-11(2)9-14(16(18)19)17-10-12-7-8-20-15-6-4-3-5-13(12)15/h3-6,11-12,14,17H,7-10H2,1-2H3,(H,18,19). The number of aliphatic carboxylic acids is 1. The molecule has 1 heterocycles. The molecule has 0 saturated heterocycles. The Kier molecular flexibility index (Phi) is 5.01. The van der Waals surface area contributed by atoms with E-state index in [0.717, 1.165) is 12.2 Å². The highest BCUT2D eigenvalue weighted by molar-refractivity contribution is 5.73. The van der Waals surface area contributed by atoms with Gasteiger partial charge in [0, 0.05) is 12.5 Å². The van der Waals surface area contributed by atoms with Crippen LogP contribution < -0.4 is 10.1 Å². The van der Waals surface area contributed by atoms with Gasteiger partial charge in [-0.15, -0.1) is 0 Å². The average molecular weight is 277 g/mol. The van der Waals surface area contributed by atoms with Crippen molar-refractivity contribution >= 4 is 5.97 Å². The highest BCUT2D eigenvalue weighted by Crippen LogP contribution is 2.32. The SMILES string of the molecule is CC(C)CC(NCC1CCOc2ccccc21)C(=O)O. The predicted octanol–water partition coefficient (Wildman–Crippen LogP) is 2.64.